The minimum Gasteiger partial charge on any atom is -0.354 e. The summed E-state index contributed by atoms with van der Waals surface area (Å²) < 4.78 is 0. The molecule has 0 spiro atoms. The van der Waals surface area contributed by atoms with Crippen LogP contribution in [-0.2, 0) is 0 Å². The average Bonchev–Trinajstić information content (AvgIpc) is 1.81. The van der Waals surface area contributed by atoms with Crippen LogP contribution in [0.1, 0.15) is 0 Å². The van der Waals surface area contributed by atoms with Crippen LogP contribution in [0.5, 0.6) is 0 Å². The highest BCUT2D eigenvalue weighted by molar-refractivity contribution is 5.74. The molecule has 2 N–H and O–H groups in total. The highest BCUT2D eigenvalue weighted by atomic mass is 16.8. The summed E-state index contributed by atoms with van der Waals surface area (Å²) in [4.78, 5) is 29.4. The van der Waals surface area contributed by atoms with E-state index >= 15 is 0 Å². The minimum atomic E-state index is -1.55. The molecular weight excluding hydrogens is 192 g/mol. The molecular formula is CH2N6O6. The summed E-state index contributed by atoms with van der Waals surface area (Å²) in [7, 11) is 0. The molecule has 0 unspecified atom stereocenters. The lowest BCUT2D eigenvalue weighted by atomic mass is 11.0. The van der Waals surface area contributed by atoms with E-state index in [9.17, 15) is 30.3 Å². The van der Waals surface area contributed by atoms with Crippen molar-refractivity contribution in [3.05, 3.63) is 30.3 Å². The van der Waals surface area contributed by atoms with E-state index in [2.05, 4.69) is 10.8 Å². The van der Waals surface area contributed by atoms with E-state index in [1.54, 1.807) is 0 Å². The van der Waals surface area contributed by atoms with Crippen LogP contribution in [0.2, 0.25) is 0 Å². The van der Waals surface area contributed by atoms with Gasteiger partial charge in [-0.2, -0.15) is 0 Å². The number of guanidine groups is 1. The van der Waals surface area contributed by atoms with Crippen molar-refractivity contribution >= 4 is 5.96 Å². The summed E-state index contributed by atoms with van der Waals surface area (Å²) in [6, 6.07) is 0. The molecule has 0 aromatic rings. The Morgan fingerprint density at radius 2 is 1.54 bits per heavy atom. The van der Waals surface area contributed by atoms with Crippen molar-refractivity contribution in [2.45, 2.75) is 0 Å². The molecule has 0 radical (unpaired) electrons. The Hall–Kier alpha value is -2.53. The minimum absolute atomic E-state index is 0.872. The van der Waals surface area contributed by atoms with Crippen LogP contribution in [0, 0.1) is 30.3 Å². The number of hydrogen-bond donors (Lipinski definition) is 1. The number of nitrogens with two attached hydrogens (primary N) is 1. The highest BCUT2D eigenvalue weighted by Crippen LogP contribution is 1.88. The van der Waals surface area contributed by atoms with E-state index in [4.69, 9.17) is 0 Å². The molecule has 13 heavy (non-hydrogen) atoms. The Morgan fingerprint density at radius 1 is 1.15 bits per heavy atom. The first kappa shape index (κ1) is 10.5. The Labute approximate surface area is 68.6 Å². The number of hydrazone groups is 1. The third-order valence-corrected chi connectivity index (χ3v) is 0.698. The maximum absolute atomic E-state index is 9.87. The van der Waals surface area contributed by atoms with Crippen molar-refractivity contribution in [1.29, 1.82) is 0 Å². The molecule has 0 aliphatic rings. The predicted molar refractivity (Wildman–Crippen MR) is 34.4 cm³/mol. The third-order valence-electron chi connectivity index (χ3n) is 0.698. The second-order valence-corrected chi connectivity index (χ2v) is 1.46. The van der Waals surface area contributed by atoms with Crippen molar-refractivity contribution in [3.8, 4) is 0 Å². The molecule has 0 aliphatic heterocycles. The van der Waals surface area contributed by atoms with E-state index in [1.165, 1.54) is 0 Å². The molecule has 12 nitrogen and oxygen atoms in total. The molecule has 0 aromatic carbocycles. The second kappa shape index (κ2) is 3.74. The Bertz CT molecular complexity index is 267. The highest BCUT2D eigenvalue weighted by Gasteiger charge is 2.35. The van der Waals surface area contributed by atoms with E-state index < -0.39 is 26.2 Å². The first-order valence-electron chi connectivity index (χ1n) is 2.43. The van der Waals surface area contributed by atoms with Gasteiger partial charge in [0.15, 0.2) is 5.03 Å². The van der Waals surface area contributed by atoms with Gasteiger partial charge in [-0.25, -0.2) is 30.3 Å². The number of rotatable bonds is 3. The Balaban J connectivity index is 4.86. The fraction of sp³-hybridized carbons (Fsp3) is 0. The first-order chi connectivity index (χ1) is 5.86. The van der Waals surface area contributed by atoms with Gasteiger partial charge in [-0.05, 0) is 0 Å². The predicted octanol–water partition coefficient (Wildman–Crippen LogP) is -1.82. The zero-order chi connectivity index (χ0) is 10.6. The summed E-state index contributed by atoms with van der Waals surface area (Å²) in [5.41, 5.74) is 4.57. The quantitative estimate of drug-likeness (QED) is 0.236. The zero-order valence-electron chi connectivity index (χ0n) is 5.76. The van der Waals surface area contributed by atoms with Gasteiger partial charge in [0.25, 0.3) is 0 Å². The summed E-state index contributed by atoms with van der Waals surface area (Å²) in [6.07, 6.45) is 0. The average molecular weight is 194 g/mol. The maximum Gasteiger partial charge on any atom is 0.406 e. The number of nitro groups is 3. The lowest BCUT2D eigenvalue weighted by Crippen LogP contribution is -2.45. The normalized spacial score (nSPS) is 10.6. The maximum atomic E-state index is 9.87. The lowest BCUT2D eigenvalue weighted by Gasteiger charge is -1.97. The van der Waals surface area contributed by atoms with Crippen LogP contribution < -0.4 is 5.73 Å². The fourth-order valence-electron chi connectivity index (χ4n) is 0.351. The monoisotopic (exact) mass is 194 g/mol. The molecule has 0 aromatic heterocycles. The molecule has 72 valence electrons. The van der Waals surface area contributed by atoms with Crippen molar-refractivity contribution in [2.75, 3.05) is 0 Å². The SMILES string of the molecule is N/C(=N\[N+](=O)[O-])N([N+](=O)[O-])[N+](=O)[O-]. The molecule has 0 atom stereocenters. The van der Waals surface area contributed by atoms with Gasteiger partial charge < -0.3 is 5.73 Å². The van der Waals surface area contributed by atoms with Crippen LogP contribution >= 0.6 is 0 Å². The van der Waals surface area contributed by atoms with Crippen LogP contribution in [-0.4, -0.2) is 26.2 Å². The molecule has 0 amide bonds. The number of hydrazine groups is 2. The summed E-state index contributed by atoms with van der Waals surface area (Å²) in [5, 5.41) is 26.2. The largest absolute Gasteiger partial charge is 0.406 e. The number of hydrogen-bond acceptors (Lipinski definition) is 6. The van der Waals surface area contributed by atoms with Gasteiger partial charge >= 0.3 is 5.96 Å². The second-order valence-electron chi connectivity index (χ2n) is 1.46. The summed E-state index contributed by atoms with van der Waals surface area (Å²) in [5.74, 6) is -1.44. The van der Waals surface area contributed by atoms with Gasteiger partial charge in [-0.3, -0.25) is 0 Å². The van der Waals surface area contributed by atoms with E-state index in [1.807, 2.05) is 0 Å². The Kier molecular flexibility index (Phi) is 3.02. The molecule has 0 rings (SSSR count). The van der Waals surface area contributed by atoms with Crippen LogP contribution in [0.3, 0.4) is 0 Å². The van der Waals surface area contributed by atoms with Crippen LogP contribution in [0.4, 0.5) is 0 Å². The molecule has 0 heterocycles. The van der Waals surface area contributed by atoms with Crippen LogP contribution in [0.25, 0.3) is 0 Å². The topological polar surface area (TPSA) is 171 Å². The van der Waals surface area contributed by atoms with Gasteiger partial charge in [0.1, 0.15) is 5.10 Å². The van der Waals surface area contributed by atoms with E-state index in [-0.39, 0.29) is 0 Å². The van der Waals surface area contributed by atoms with Crippen LogP contribution in [0.15, 0.2) is 5.10 Å². The first-order valence-corrected chi connectivity index (χ1v) is 2.43. The smallest absolute Gasteiger partial charge is 0.354 e. The van der Waals surface area contributed by atoms with Gasteiger partial charge in [0, 0.05) is 0 Å². The van der Waals surface area contributed by atoms with Crippen molar-refractivity contribution in [2.24, 2.45) is 10.8 Å². The summed E-state index contributed by atoms with van der Waals surface area (Å²) in [6.45, 7) is 0. The van der Waals surface area contributed by atoms with Crippen molar-refractivity contribution in [1.82, 2.24) is 5.12 Å². The molecule has 0 bridgehead atoms. The molecule has 12 heteroatoms. The van der Waals surface area contributed by atoms with Gasteiger partial charge in [-0.15, -0.1) is 0 Å². The van der Waals surface area contributed by atoms with Crippen molar-refractivity contribution in [3.63, 3.8) is 0 Å². The van der Waals surface area contributed by atoms with Gasteiger partial charge in [0.2, 0.25) is 15.2 Å². The molecule has 0 fully saturated rings. The van der Waals surface area contributed by atoms with E-state index in [0.29, 0.717) is 0 Å². The fourth-order valence-corrected chi connectivity index (χ4v) is 0.351. The zero-order valence-corrected chi connectivity index (χ0v) is 5.76. The van der Waals surface area contributed by atoms with Gasteiger partial charge in [0.05, 0.1) is 0 Å². The molecule has 0 saturated carbocycles. The van der Waals surface area contributed by atoms with Gasteiger partial charge in [-0.1, -0.05) is 0 Å². The number of nitrogens with zero attached hydrogens (tertiary/aromatic N) is 5. The summed E-state index contributed by atoms with van der Waals surface area (Å²) >= 11 is 0. The standard InChI is InChI=1S/CH2N6O6/c2-1(3-5(8)9)4(6(10)11)7(12)13/h(H2,2,3). The lowest BCUT2D eigenvalue weighted by molar-refractivity contribution is -0.881. The van der Waals surface area contributed by atoms with E-state index in [0.717, 1.165) is 0 Å². The molecule has 0 aliphatic carbocycles. The van der Waals surface area contributed by atoms with Crippen molar-refractivity contribution < 1.29 is 15.1 Å². The molecule has 0 saturated heterocycles. The third kappa shape index (κ3) is 2.91. The Morgan fingerprint density at radius 3 is 1.77 bits per heavy atom.